The third kappa shape index (κ3) is 2.26. The van der Waals surface area contributed by atoms with Crippen LogP contribution in [0.4, 0.5) is 0 Å². The maximum Gasteiger partial charge on any atom is 0.167 e. The van der Waals surface area contributed by atoms with Gasteiger partial charge in [-0.15, -0.1) is 0 Å². The molecule has 2 rings (SSSR count). The molecular formula is C12H22N4. The smallest absolute Gasteiger partial charge is 0.167 e. The van der Waals surface area contributed by atoms with Crippen LogP contribution in [-0.4, -0.2) is 15.2 Å². The van der Waals surface area contributed by atoms with Crippen LogP contribution in [0.2, 0.25) is 0 Å². The van der Waals surface area contributed by atoms with Crippen molar-refractivity contribution < 1.29 is 0 Å². The summed E-state index contributed by atoms with van der Waals surface area (Å²) in [6, 6.07) is -0.0982. The lowest BCUT2D eigenvalue weighted by Gasteiger charge is -2.24. The molecule has 0 saturated heterocycles. The van der Waals surface area contributed by atoms with Gasteiger partial charge in [0.05, 0.1) is 6.04 Å². The molecular weight excluding hydrogens is 200 g/mol. The molecule has 4 heteroatoms. The molecule has 1 atom stereocenters. The number of hydrogen-bond donors (Lipinski definition) is 2. The number of nitrogens with one attached hydrogen (secondary N) is 1. The second-order valence-corrected chi connectivity index (χ2v) is 5.90. The van der Waals surface area contributed by atoms with Gasteiger partial charge >= 0.3 is 0 Å². The minimum absolute atomic E-state index is 0.00907. The monoisotopic (exact) mass is 222 g/mol. The summed E-state index contributed by atoms with van der Waals surface area (Å²) in [5, 5.41) is 7.33. The molecule has 1 aliphatic carbocycles. The van der Waals surface area contributed by atoms with Gasteiger partial charge < -0.3 is 5.73 Å². The first-order valence-electron chi connectivity index (χ1n) is 6.16. The van der Waals surface area contributed by atoms with E-state index in [0.717, 1.165) is 11.6 Å². The summed E-state index contributed by atoms with van der Waals surface area (Å²) in [4.78, 5) is 4.57. The maximum atomic E-state index is 6.14. The Morgan fingerprint density at radius 2 is 1.94 bits per heavy atom. The van der Waals surface area contributed by atoms with Gasteiger partial charge in [-0.3, -0.25) is 5.10 Å². The third-order valence-corrected chi connectivity index (χ3v) is 3.47. The number of rotatable bonds is 2. The zero-order valence-corrected chi connectivity index (χ0v) is 10.5. The maximum absolute atomic E-state index is 6.14. The Balaban J connectivity index is 2.12. The van der Waals surface area contributed by atoms with Crippen LogP contribution in [0.1, 0.15) is 70.1 Å². The molecule has 0 spiro atoms. The zero-order valence-electron chi connectivity index (χ0n) is 10.5. The van der Waals surface area contributed by atoms with Gasteiger partial charge in [0.1, 0.15) is 5.82 Å². The Hall–Kier alpha value is -0.900. The summed E-state index contributed by atoms with van der Waals surface area (Å²) in [5.74, 6) is 2.37. The van der Waals surface area contributed by atoms with E-state index in [-0.39, 0.29) is 11.5 Å². The van der Waals surface area contributed by atoms with Crippen molar-refractivity contribution in [1.82, 2.24) is 15.2 Å². The average molecular weight is 222 g/mol. The first-order valence-corrected chi connectivity index (χ1v) is 6.16. The van der Waals surface area contributed by atoms with Crippen LogP contribution in [0.3, 0.4) is 0 Å². The first kappa shape index (κ1) is 11.6. The van der Waals surface area contributed by atoms with Gasteiger partial charge in [0.2, 0.25) is 0 Å². The molecule has 0 bridgehead atoms. The summed E-state index contributed by atoms with van der Waals surface area (Å²) in [6.07, 6.45) is 5.09. The minimum atomic E-state index is -0.0982. The Kier molecular flexibility index (Phi) is 3.02. The van der Waals surface area contributed by atoms with E-state index >= 15 is 0 Å². The van der Waals surface area contributed by atoms with Crippen LogP contribution in [-0.2, 0) is 0 Å². The van der Waals surface area contributed by atoms with Crippen molar-refractivity contribution >= 4 is 0 Å². The van der Waals surface area contributed by atoms with E-state index in [1.54, 1.807) is 0 Å². The van der Waals surface area contributed by atoms with Crippen molar-refractivity contribution in [3.05, 3.63) is 11.6 Å². The highest BCUT2D eigenvalue weighted by molar-refractivity contribution is 5.04. The molecule has 90 valence electrons. The molecule has 1 aliphatic rings. The van der Waals surface area contributed by atoms with E-state index in [1.807, 2.05) is 0 Å². The van der Waals surface area contributed by atoms with Crippen molar-refractivity contribution in [2.45, 2.75) is 58.4 Å². The quantitative estimate of drug-likeness (QED) is 0.808. The van der Waals surface area contributed by atoms with Crippen molar-refractivity contribution in [3.63, 3.8) is 0 Å². The molecule has 1 aromatic rings. The lowest BCUT2D eigenvalue weighted by Crippen LogP contribution is -2.27. The first-order chi connectivity index (χ1) is 7.48. The third-order valence-electron chi connectivity index (χ3n) is 3.47. The summed E-state index contributed by atoms with van der Waals surface area (Å²) >= 11 is 0. The van der Waals surface area contributed by atoms with E-state index in [1.165, 1.54) is 25.7 Å². The molecule has 1 fully saturated rings. The molecule has 0 unspecified atom stereocenters. The van der Waals surface area contributed by atoms with E-state index in [2.05, 4.69) is 36.0 Å². The Morgan fingerprint density at radius 3 is 2.50 bits per heavy atom. The van der Waals surface area contributed by atoms with Gasteiger partial charge in [-0.05, 0) is 18.3 Å². The number of H-pyrrole nitrogens is 1. The van der Waals surface area contributed by atoms with Crippen LogP contribution in [0.25, 0.3) is 0 Å². The molecule has 16 heavy (non-hydrogen) atoms. The van der Waals surface area contributed by atoms with Gasteiger partial charge in [0, 0.05) is 5.92 Å². The largest absolute Gasteiger partial charge is 0.321 e. The molecule has 4 nitrogen and oxygen atoms in total. The van der Waals surface area contributed by atoms with E-state index in [9.17, 15) is 0 Å². The topological polar surface area (TPSA) is 67.6 Å². The number of nitrogens with two attached hydrogens (primary N) is 1. The van der Waals surface area contributed by atoms with Gasteiger partial charge in [-0.2, -0.15) is 5.10 Å². The van der Waals surface area contributed by atoms with Gasteiger partial charge in [-0.1, -0.05) is 33.6 Å². The second kappa shape index (κ2) is 4.17. The van der Waals surface area contributed by atoms with Crippen LogP contribution in [0, 0.1) is 5.41 Å². The molecule has 0 aliphatic heterocycles. The number of aromatic nitrogens is 3. The molecule has 1 aromatic heterocycles. The predicted molar refractivity (Wildman–Crippen MR) is 64.0 cm³/mol. The fourth-order valence-electron chi connectivity index (χ4n) is 2.20. The molecule has 0 aromatic carbocycles. The van der Waals surface area contributed by atoms with Crippen LogP contribution in [0.15, 0.2) is 0 Å². The predicted octanol–water partition coefficient (Wildman–Crippen LogP) is 2.51. The van der Waals surface area contributed by atoms with Gasteiger partial charge in [0.15, 0.2) is 5.82 Å². The Bertz CT molecular complexity index is 344. The fourth-order valence-corrected chi connectivity index (χ4v) is 2.20. The number of hydrogen-bond acceptors (Lipinski definition) is 3. The number of nitrogens with zero attached hydrogens (tertiary/aromatic N) is 2. The van der Waals surface area contributed by atoms with Crippen LogP contribution < -0.4 is 5.73 Å². The van der Waals surface area contributed by atoms with Gasteiger partial charge in [0.25, 0.3) is 0 Å². The van der Waals surface area contributed by atoms with Crippen LogP contribution in [0.5, 0.6) is 0 Å². The Morgan fingerprint density at radius 1 is 1.31 bits per heavy atom. The summed E-state index contributed by atoms with van der Waals surface area (Å²) < 4.78 is 0. The normalized spacial score (nSPS) is 20.2. The van der Waals surface area contributed by atoms with Crippen molar-refractivity contribution in [2.24, 2.45) is 11.1 Å². The van der Waals surface area contributed by atoms with E-state index < -0.39 is 0 Å². The van der Waals surface area contributed by atoms with E-state index in [4.69, 9.17) is 5.73 Å². The second-order valence-electron chi connectivity index (χ2n) is 5.90. The summed E-state index contributed by atoms with van der Waals surface area (Å²) in [6.45, 7) is 6.34. The highest BCUT2D eigenvalue weighted by Crippen LogP contribution is 2.33. The highest BCUT2D eigenvalue weighted by atomic mass is 15.2. The molecule has 0 amide bonds. The zero-order chi connectivity index (χ0) is 11.8. The SMILES string of the molecule is CC(C)(C)[C@H](N)c1n[nH]c(C2CCCC2)n1. The van der Waals surface area contributed by atoms with E-state index in [0.29, 0.717) is 5.92 Å². The lowest BCUT2D eigenvalue weighted by atomic mass is 9.87. The highest BCUT2D eigenvalue weighted by Gasteiger charge is 2.27. The molecule has 1 heterocycles. The number of aromatic amines is 1. The summed E-state index contributed by atoms with van der Waals surface area (Å²) in [7, 11) is 0. The van der Waals surface area contributed by atoms with Crippen LogP contribution >= 0.6 is 0 Å². The molecule has 0 radical (unpaired) electrons. The van der Waals surface area contributed by atoms with Crippen molar-refractivity contribution in [2.75, 3.05) is 0 Å². The molecule has 3 N–H and O–H groups in total. The Labute approximate surface area is 97.0 Å². The van der Waals surface area contributed by atoms with Crippen molar-refractivity contribution in [3.8, 4) is 0 Å². The summed E-state index contributed by atoms with van der Waals surface area (Å²) in [5.41, 5.74) is 6.15. The lowest BCUT2D eigenvalue weighted by molar-refractivity contribution is 0.315. The average Bonchev–Trinajstić information content (AvgIpc) is 2.85. The molecule has 1 saturated carbocycles. The van der Waals surface area contributed by atoms with Gasteiger partial charge in [-0.25, -0.2) is 4.98 Å². The standard InChI is InChI=1S/C12H22N4/c1-12(2,3)9(13)11-14-10(15-16-11)8-6-4-5-7-8/h8-9H,4-7,13H2,1-3H3,(H,14,15,16)/t9-/m1/s1. The minimum Gasteiger partial charge on any atom is -0.321 e. The fraction of sp³-hybridized carbons (Fsp3) is 0.833. The van der Waals surface area contributed by atoms with Crippen molar-refractivity contribution in [1.29, 1.82) is 0 Å².